The second-order valence-corrected chi connectivity index (χ2v) is 6.47. The fourth-order valence-electron chi connectivity index (χ4n) is 2.74. The first-order valence-corrected chi connectivity index (χ1v) is 8.55. The molecule has 2 aromatic rings. The molecule has 1 N–H and O–H groups in total. The van der Waals surface area contributed by atoms with Crippen molar-refractivity contribution in [3.63, 3.8) is 0 Å². The Bertz CT molecular complexity index is 572. The van der Waals surface area contributed by atoms with E-state index < -0.39 is 0 Å². The number of carbonyl (C=O) groups is 1. The number of nitrogens with one attached hydrogen (secondary N) is 1. The molecule has 1 fully saturated rings. The molecule has 0 atom stereocenters. The van der Waals surface area contributed by atoms with E-state index in [1.165, 1.54) is 43.9 Å². The van der Waals surface area contributed by atoms with Crippen LogP contribution in [0.1, 0.15) is 32.1 Å². The highest BCUT2D eigenvalue weighted by Gasteiger charge is 2.15. The molecule has 1 aromatic carbocycles. The molecule has 0 radical (unpaired) electrons. The number of hydrogen-bond acceptors (Lipinski definition) is 4. The van der Waals surface area contributed by atoms with Crippen LogP contribution in [0.25, 0.3) is 11.1 Å². The first-order chi connectivity index (χ1) is 10.3. The van der Waals surface area contributed by atoms with Crippen molar-refractivity contribution in [2.75, 3.05) is 12.3 Å². The minimum Gasteiger partial charge on any atom is -0.431 e. The lowest BCUT2D eigenvalue weighted by molar-refractivity contribution is -0.118. The maximum Gasteiger partial charge on any atom is 0.257 e. The first kappa shape index (κ1) is 14.4. The van der Waals surface area contributed by atoms with Gasteiger partial charge in [-0.25, -0.2) is 4.98 Å². The van der Waals surface area contributed by atoms with Crippen LogP contribution in [0.5, 0.6) is 0 Å². The fraction of sp³-hybridized carbons (Fsp3) is 0.500. The van der Waals surface area contributed by atoms with Crippen molar-refractivity contribution in [2.45, 2.75) is 37.3 Å². The largest absolute Gasteiger partial charge is 0.431 e. The predicted octanol–water partition coefficient (Wildman–Crippen LogP) is 3.62. The molecule has 1 heterocycles. The van der Waals surface area contributed by atoms with Crippen LogP contribution in [0.3, 0.4) is 0 Å². The van der Waals surface area contributed by atoms with E-state index in [9.17, 15) is 4.79 Å². The molecule has 0 aliphatic heterocycles. The number of fused-ring (bicyclic) bond motifs is 1. The minimum absolute atomic E-state index is 0.0628. The Labute approximate surface area is 128 Å². The molecule has 112 valence electrons. The van der Waals surface area contributed by atoms with Gasteiger partial charge in [0.1, 0.15) is 5.52 Å². The topological polar surface area (TPSA) is 55.1 Å². The van der Waals surface area contributed by atoms with Crippen LogP contribution in [0.15, 0.2) is 33.9 Å². The number of oxazole rings is 1. The molecule has 0 bridgehead atoms. The summed E-state index contributed by atoms with van der Waals surface area (Å²) in [6.45, 7) is 0.812. The van der Waals surface area contributed by atoms with Gasteiger partial charge in [0, 0.05) is 6.54 Å². The van der Waals surface area contributed by atoms with Crippen molar-refractivity contribution < 1.29 is 9.21 Å². The van der Waals surface area contributed by atoms with E-state index in [-0.39, 0.29) is 5.91 Å². The SMILES string of the molecule is O=C(CSc1nc2ccccc2o1)NCC1CCCCC1. The fourth-order valence-corrected chi connectivity index (χ4v) is 3.41. The van der Waals surface area contributed by atoms with Gasteiger partial charge in [-0.05, 0) is 30.9 Å². The summed E-state index contributed by atoms with van der Waals surface area (Å²) in [6.07, 6.45) is 6.45. The van der Waals surface area contributed by atoms with Gasteiger partial charge in [0.25, 0.3) is 5.22 Å². The van der Waals surface area contributed by atoms with E-state index >= 15 is 0 Å². The highest BCUT2D eigenvalue weighted by Crippen LogP contribution is 2.24. The molecule has 0 spiro atoms. The summed E-state index contributed by atoms with van der Waals surface area (Å²) in [5.41, 5.74) is 1.60. The third kappa shape index (κ3) is 4.00. The van der Waals surface area contributed by atoms with Crippen LogP contribution < -0.4 is 5.32 Å². The summed E-state index contributed by atoms with van der Waals surface area (Å²) in [7, 11) is 0. The molecule has 1 aromatic heterocycles. The van der Waals surface area contributed by atoms with Crippen molar-refractivity contribution in [1.29, 1.82) is 0 Å². The summed E-state index contributed by atoms with van der Waals surface area (Å²) in [4.78, 5) is 16.2. The van der Waals surface area contributed by atoms with Gasteiger partial charge in [-0.3, -0.25) is 4.79 Å². The second-order valence-electron chi connectivity index (χ2n) is 5.54. The summed E-state index contributed by atoms with van der Waals surface area (Å²) in [5, 5.41) is 3.59. The molecule has 0 unspecified atom stereocenters. The average Bonchev–Trinajstić information content (AvgIpc) is 2.95. The lowest BCUT2D eigenvalue weighted by Gasteiger charge is -2.21. The smallest absolute Gasteiger partial charge is 0.257 e. The number of amides is 1. The zero-order chi connectivity index (χ0) is 14.5. The summed E-state index contributed by atoms with van der Waals surface area (Å²) in [5.74, 6) is 1.09. The highest BCUT2D eigenvalue weighted by atomic mass is 32.2. The van der Waals surface area contributed by atoms with Crippen LogP contribution in [-0.2, 0) is 4.79 Å². The number of thioether (sulfide) groups is 1. The van der Waals surface area contributed by atoms with E-state index in [2.05, 4.69) is 10.3 Å². The Morgan fingerprint density at radius 1 is 1.29 bits per heavy atom. The van der Waals surface area contributed by atoms with Crippen molar-refractivity contribution in [3.8, 4) is 0 Å². The molecule has 1 amide bonds. The van der Waals surface area contributed by atoms with E-state index in [1.807, 2.05) is 24.3 Å². The molecule has 1 saturated carbocycles. The minimum atomic E-state index is 0.0628. The Balaban J connectivity index is 1.44. The summed E-state index contributed by atoms with van der Waals surface area (Å²) < 4.78 is 5.58. The van der Waals surface area contributed by atoms with Gasteiger partial charge in [-0.1, -0.05) is 43.2 Å². The molecule has 4 nitrogen and oxygen atoms in total. The molecule has 5 heteroatoms. The third-order valence-corrected chi connectivity index (χ3v) is 4.74. The van der Waals surface area contributed by atoms with E-state index in [0.29, 0.717) is 16.9 Å². The monoisotopic (exact) mass is 304 g/mol. The standard InChI is InChI=1S/C16H20N2O2S/c19-15(17-10-12-6-2-1-3-7-12)11-21-16-18-13-8-4-5-9-14(13)20-16/h4-5,8-9,12H,1-3,6-7,10-11H2,(H,17,19). The Morgan fingerprint density at radius 2 is 2.10 bits per heavy atom. The van der Waals surface area contributed by atoms with Crippen molar-refractivity contribution in [1.82, 2.24) is 10.3 Å². The number of carbonyl (C=O) groups excluding carboxylic acids is 1. The number of rotatable bonds is 5. The zero-order valence-corrected chi connectivity index (χ0v) is 12.8. The molecular formula is C16H20N2O2S. The molecule has 0 saturated heterocycles. The van der Waals surface area contributed by atoms with Crippen molar-refractivity contribution >= 4 is 28.8 Å². The van der Waals surface area contributed by atoms with Crippen molar-refractivity contribution in [3.05, 3.63) is 24.3 Å². The number of nitrogens with zero attached hydrogens (tertiary/aromatic N) is 1. The lowest BCUT2D eigenvalue weighted by Crippen LogP contribution is -2.31. The second kappa shape index (κ2) is 6.98. The normalized spacial score (nSPS) is 16.2. The quantitative estimate of drug-likeness (QED) is 0.857. The Morgan fingerprint density at radius 3 is 2.90 bits per heavy atom. The van der Waals surface area contributed by atoms with Gasteiger partial charge < -0.3 is 9.73 Å². The first-order valence-electron chi connectivity index (χ1n) is 7.56. The lowest BCUT2D eigenvalue weighted by atomic mass is 9.89. The summed E-state index contributed by atoms with van der Waals surface area (Å²) in [6, 6.07) is 7.64. The highest BCUT2D eigenvalue weighted by molar-refractivity contribution is 7.99. The third-order valence-electron chi connectivity index (χ3n) is 3.91. The van der Waals surface area contributed by atoms with Gasteiger partial charge >= 0.3 is 0 Å². The van der Waals surface area contributed by atoms with E-state index in [0.717, 1.165) is 17.6 Å². The van der Waals surface area contributed by atoms with Crippen molar-refractivity contribution in [2.24, 2.45) is 5.92 Å². The van der Waals surface area contributed by atoms with Crippen LogP contribution in [0.4, 0.5) is 0 Å². The van der Waals surface area contributed by atoms with Crippen LogP contribution in [0.2, 0.25) is 0 Å². The zero-order valence-electron chi connectivity index (χ0n) is 12.0. The maximum absolute atomic E-state index is 11.9. The predicted molar refractivity (Wildman–Crippen MR) is 84.3 cm³/mol. The molecule has 1 aliphatic rings. The van der Waals surface area contributed by atoms with Crippen LogP contribution >= 0.6 is 11.8 Å². The summed E-state index contributed by atoms with van der Waals surface area (Å²) >= 11 is 1.35. The maximum atomic E-state index is 11.9. The Hall–Kier alpha value is -1.49. The molecule has 1 aliphatic carbocycles. The number of para-hydroxylation sites is 2. The van der Waals surface area contributed by atoms with Gasteiger partial charge in [0.2, 0.25) is 5.91 Å². The Kier molecular flexibility index (Phi) is 4.80. The van der Waals surface area contributed by atoms with Gasteiger partial charge in [0.05, 0.1) is 5.75 Å². The van der Waals surface area contributed by atoms with E-state index in [4.69, 9.17) is 4.42 Å². The van der Waals surface area contributed by atoms with Gasteiger partial charge in [0.15, 0.2) is 5.58 Å². The number of benzene rings is 1. The van der Waals surface area contributed by atoms with Crippen LogP contribution in [-0.4, -0.2) is 23.2 Å². The molecule has 3 rings (SSSR count). The average molecular weight is 304 g/mol. The van der Waals surface area contributed by atoms with Gasteiger partial charge in [-0.15, -0.1) is 0 Å². The molecule has 21 heavy (non-hydrogen) atoms. The van der Waals surface area contributed by atoms with Crippen LogP contribution in [0, 0.1) is 5.92 Å². The van der Waals surface area contributed by atoms with Gasteiger partial charge in [-0.2, -0.15) is 0 Å². The number of hydrogen-bond donors (Lipinski definition) is 1. The van der Waals surface area contributed by atoms with E-state index in [1.54, 1.807) is 0 Å². The number of aromatic nitrogens is 1. The molecular weight excluding hydrogens is 284 g/mol.